The molecule has 0 spiro atoms. The predicted octanol–water partition coefficient (Wildman–Crippen LogP) is 5.66. The lowest BCUT2D eigenvalue weighted by atomic mass is 10.1. The van der Waals surface area contributed by atoms with Crippen molar-refractivity contribution in [3.63, 3.8) is 0 Å². The average Bonchev–Trinajstić information content (AvgIpc) is 2.91. The number of nitrogen functional groups attached to an aromatic ring is 1. The minimum absolute atomic E-state index is 0.0420. The second kappa shape index (κ2) is 13.9. The van der Waals surface area contributed by atoms with E-state index in [1.165, 1.54) is 0 Å². The van der Waals surface area contributed by atoms with Crippen LogP contribution in [-0.2, 0) is 6.54 Å². The van der Waals surface area contributed by atoms with Crippen LogP contribution in [0.3, 0.4) is 0 Å². The van der Waals surface area contributed by atoms with Crippen molar-refractivity contribution in [2.75, 3.05) is 20.3 Å². The summed E-state index contributed by atoms with van der Waals surface area (Å²) in [6.45, 7) is 5.74. The van der Waals surface area contributed by atoms with Crippen LogP contribution in [0.25, 0.3) is 0 Å². The lowest BCUT2D eigenvalue weighted by Crippen LogP contribution is -2.36. The van der Waals surface area contributed by atoms with Crippen molar-refractivity contribution in [1.82, 2.24) is 4.90 Å². The van der Waals surface area contributed by atoms with E-state index in [0.29, 0.717) is 42.4 Å². The lowest BCUT2D eigenvalue weighted by molar-refractivity contribution is 0.0690. The van der Waals surface area contributed by atoms with E-state index in [2.05, 4.69) is 0 Å². The Balaban J connectivity index is 1.46. The van der Waals surface area contributed by atoms with Crippen molar-refractivity contribution in [2.24, 2.45) is 5.73 Å². The highest BCUT2D eigenvalue weighted by molar-refractivity contribution is 5.95. The van der Waals surface area contributed by atoms with Gasteiger partial charge in [-0.3, -0.25) is 10.2 Å². The maximum Gasteiger partial charge on any atom is 0.254 e. The Hall–Kier alpha value is -4.00. The van der Waals surface area contributed by atoms with Crippen molar-refractivity contribution < 1.29 is 19.0 Å². The molecule has 7 nitrogen and oxygen atoms in total. The summed E-state index contributed by atoms with van der Waals surface area (Å²) in [5.74, 6) is 1.94. The normalized spacial score (nSPS) is 10.7. The number of carbonyl (C=O) groups excluding carboxylic acids is 1. The van der Waals surface area contributed by atoms with Gasteiger partial charge in [-0.15, -0.1) is 0 Å². The number of unbranched alkanes of at least 4 members (excludes halogenated alkanes) is 2. The van der Waals surface area contributed by atoms with Crippen molar-refractivity contribution in [3.05, 3.63) is 89.5 Å². The van der Waals surface area contributed by atoms with Crippen molar-refractivity contribution >= 4 is 11.7 Å². The van der Waals surface area contributed by atoms with Gasteiger partial charge in [0.15, 0.2) is 11.5 Å². The van der Waals surface area contributed by atoms with E-state index in [-0.39, 0.29) is 17.8 Å². The second-order valence-corrected chi connectivity index (χ2v) is 9.07. The molecule has 0 heterocycles. The number of hydrogen-bond donors (Lipinski definition) is 2. The summed E-state index contributed by atoms with van der Waals surface area (Å²) in [4.78, 5) is 15.1. The molecule has 1 amide bonds. The highest BCUT2D eigenvalue weighted by atomic mass is 16.5. The molecule has 0 saturated carbocycles. The van der Waals surface area contributed by atoms with Gasteiger partial charge < -0.3 is 24.8 Å². The topological polar surface area (TPSA) is 97.9 Å². The highest BCUT2D eigenvalue weighted by Gasteiger charge is 2.20. The maximum absolute atomic E-state index is 13.3. The molecular formula is C30H37N3O4. The molecule has 0 aliphatic heterocycles. The van der Waals surface area contributed by atoms with E-state index in [9.17, 15) is 4.79 Å². The van der Waals surface area contributed by atoms with E-state index in [0.717, 1.165) is 30.6 Å². The molecular weight excluding hydrogens is 466 g/mol. The Bertz CT molecular complexity index is 1150. The molecule has 0 unspecified atom stereocenters. The first-order chi connectivity index (χ1) is 17.9. The zero-order chi connectivity index (χ0) is 26.6. The third kappa shape index (κ3) is 8.27. The van der Waals surface area contributed by atoms with Crippen LogP contribution in [0.2, 0.25) is 0 Å². The molecule has 3 N–H and O–H groups in total. The molecule has 0 fully saturated rings. The molecule has 0 aliphatic rings. The van der Waals surface area contributed by atoms with Crippen molar-refractivity contribution in [1.29, 1.82) is 5.41 Å². The zero-order valence-corrected chi connectivity index (χ0v) is 21.9. The molecule has 3 rings (SSSR count). The fraction of sp³-hybridized carbons (Fsp3) is 0.333. The van der Waals surface area contributed by atoms with Crippen molar-refractivity contribution in [2.45, 2.75) is 45.7 Å². The third-order valence-electron chi connectivity index (χ3n) is 5.97. The average molecular weight is 504 g/mol. The fourth-order valence-corrected chi connectivity index (χ4v) is 3.84. The van der Waals surface area contributed by atoms with Crippen LogP contribution in [0.5, 0.6) is 17.2 Å². The first-order valence-corrected chi connectivity index (χ1v) is 12.6. The van der Waals surface area contributed by atoms with Crippen LogP contribution in [-0.4, -0.2) is 43.0 Å². The molecule has 7 heteroatoms. The number of carbonyl (C=O) groups is 1. The molecule has 3 aromatic carbocycles. The number of nitrogens with two attached hydrogens (primary N) is 1. The summed E-state index contributed by atoms with van der Waals surface area (Å²) in [5.41, 5.74) is 7.81. The standard InChI is InChI=1S/C30H37N3O4/c1-22(2)33(21-23-10-6-4-7-11-23)30(34)25-14-17-27(28(20-25)35-3)37-19-9-5-8-18-36-26-15-12-24(13-16-26)29(31)32/h4,6-7,10-17,20,22H,5,8-9,18-19,21H2,1-3H3,(H3,31,32). The SMILES string of the molecule is COc1cc(C(=O)N(Cc2ccccc2)C(C)C)ccc1OCCCCCOc1ccc(C(=N)N)cc1. The first-order valence-electron chi connectivity index (χ1n) is 12.6. The van der Waals surface area contributed by atoms with Gasteiger partial charge in [0.1, 0.15) is 11.6 Å². The number of hydrogen-bond acceptors (Lipinski definition) is 5. The molecule has 0 bridgehead atoms. The second-order valence-electron chi connectivity index (χ2n) is 9.07. The molecule has 0 aliphatic carbocycles. The highest BCUT2D eigenvalue weighted by Crippen LogP contribution is 2.29. The summed E-state index contributed by atoms with van der Waals surface area (Å²) in [5, 5.41) is 7.43. The summed E-state index contributed by atoms with van der Waals surface area (Å²) < 4.78 is 17.2. The number of nitrogens with zero attached hydrogens (tertiary/aromatic N) is 1. The summed E-state index contributed by atoms with van der Waals surface area (Å²) >= 11 is 0. The monoisotopic (exact) mass is 503 g/mol. The fourth-order valence-electron chi connectivity index (χ4n) is 3.84. The first kappa shape index (κ1) is 27.6. The van der Waals surface area contributed by atoms with Gasteiger partial charge in [-0.1, -0.05) is 30.3 Å². The minimum atomic E-state index is -0.0420. The number of amides is 1. The van der Waals surface area contributed by atoms with Crippen LogP contribution in [0, 0.1) is 5.41 Å². The number of amidine groups is 1. The van der Waals surface area contributed by atoms with E-state index in [1.807, 2.05) is 61.2 Å². The number of nitrogens with one attached hydrogen (secondary N) is 1. The van der Waals surface area contributed by atoms with Crippen molar-refractivity contribution in [3.8, 4) is 17.2 Å². The van der Waals surface area contributed by atoms with E-state index < -0.39 is 0 Å². The number of benzene rings is 3. The molecule has 3 aromatic rings. The summed E-state index contributed by atoms with van der Waals surface area (Å²) in [6, 6.07) is 22.6. The van der Waals surface area contributed by atoms with Gasteiger partial charge in [0.2, 0.25) is 0 Å². The summed E-state index contributed by atoms with van der Waals surface area (Å²) in [6.07, 6.45) is 2.72. The van der Waals surface area contributed by atoms with E-state index in [4.69, 9.17) is 25.4 Å². The largest absolute Gasteiger partial charge is 0.494 e. The Morgan fingerprint density at radius 2 is 1.51 bits per heavy atom. The zero-order valence-electron chi connectivity index (χ0n) is 21.9. The number of methoxy groups -OCH3 is 1. The molecule has 37 heavy (non-hydrogen) atoms. The predicted molar refractivity (Wildman–Crippen MR) is 147 cm³/mol. The van der Waals surface area contributed by atoms with E-state index >= 15 is 0 Å². The van der Waals surface area contributed by atoms with E-state index in [1.54, 1.807) is 37.4 Å². The van der Waals surface area contributed by atoms with Crippen LogP contribution in [0.1, 0.15) is 54.6 Å². The maximum atomic E-state index is 13.3. The van der Waals surface area contributed by atoms with Crippen LogP contribution < -0.4 is 19.9 Å². The van der Waals surface area contributed by atoms with Gasteiger partial charge >= 0.3 is 0 Å². The number of rotatable bonds is 14. The molecule has 0 aromatic heterocycles. The number of ether oxygens (including phenoxy) is 3. The Morgan fingerprint density at radius 1 is 0.865 bits per heavy atom. The summed E-state index contributed by atoms with van der Waals surface area (Å²) in [7, 11) is 1.58. The van der Waals surface area contributed by atoms with Gasteiger partial charge in [-0.25, -0.2) is 0 Å². The third-order valence-corrected chi connectivity index (χ3v) is 5.97. The smallest absolute Gasteiger partial charge is 0.254 e. The molecule has 0 radical (unpaired) electrons. The van der Waals surface area contributed by atoms with Gasteiger partial charge in [0.25, 0.3) is 5.91 Å². The van der Waals surface area contributed by atoms with Crippen LogP contribution in [0.4, 0.5) is 0 Å². The minimum Gasteiger partial charge on any atom is -0.494 e. The lowest BCUT2D eigenvalue weighted by Gasteiger charge is -2.27. The van der Waals surface area contributed by atoms with Gasteiger partial charge in [0.05, 0.1) is 20.3 Å². The Kier molecular flexibility index (Phi) is 10.4. The molecule has 0 saturated heterocycles. The van der Waals surface area contributed by atoms with Gasteiger partial charge in [-0.2, -0.15) is 0 Å². The van der Waals surface area contributed by atoms with Gasteiger partial charge in [0, 0.05) is 23.7 Å². The van der Waals surface area contributed by atoms with Gasteiger partial charge in [-0.05, 0) is 81.1 Å². The van der Waals surface area contributed by atoms with Crippen LogP contribution >= 0.6 is 0 Å². The van der Waals surface area contributed by atoms with Crippen LogP contribution in [0.15, 0.2) is 72.8 Å². The Morgan fingerprint density at radius 3 is 2.14 bits per heavy atom. The Labute approximate surface area is 219 Å². The molecule has 196 valence electrons. The molecule has 0 atom stereocenters. The quantitative estimate of drug-likeness (QED) is 0.168.